The van der Waals surface area contributed by atoms with Crippen LogP contribution in [-0.2, 0) is 4.79 Å². The van der Waals surface area contributed by atoms with Crippen LogP contribution in [0, 0.1) is 0 Å². The summed E-state index contributed by atoms with van der Waals surface area (Å²) in [6.07, 6.45) is 0. The van der Waals surface area contributed by atoms with Crippen LogP contribution in [0.1, 0.15) is 0 Å². The average molecular weight is 424 g/mol. The number of hydrogen-bond acceptors (Lipinski definition) is 6. The lowest BCUT2D eigenvalue weighted by Crippen LogP contribution is -2.16. The largest absolute Gasteiger partial charge is 0.497 e. The van der Waals surface area contributed by atoms with E-state index in [-0.39, 0.29) is 11.7 Å². The number of nitrogens with zero attached hydrogens (tertiary/aromatic N) is 3. The predicted octanol–water partition coefficient (Wildman–Crippen LogP) is 3.71. The second-order valence-corrected chi connectivity index (χ2v) is 7.13. The number of halogens is 2. The van der Waals surface area contributed by atoms with E-state index in [1.807, 2.05) is 18.2 Å². The van der Waals surface area contributed by atoms with Crippen LogP contribution in [0.5, 0.6) is 5.75 Å². The van der Waals surface area contributed by atoms with Gasteiger partial charge in [-0.15, -0.1) is 10.2 Å². The summed E-state index contributed by atoms with van der Waals surface area (Å²) in [5, 5.41) is 12.1. The third-order valence-corrected chi connectivity index (χ3v) is 5.21. The van der Waals surface area contributed by atoms with Crippen LogP contribution in [0.25, 0.3) is 11.4 Å². The smallest absolute Gasteiger partial charge is 0.234 e. The van der Waals surface area contributed by atoms with Crippen molar-refractivity contribution < 1.29 is 9.53 Å². The van der Waals surface area contributed by atoms with Gasteiger partial charge in [0.05, 0.1) is 22.9 Å². The van der Waals surface area contributed by atoms with Crippen LogP contribution in [-0.4, -0.2) is 33.6 Å². The van der Waals surface area contributed by atoms with Crippen molar-refractivity contribution in [2.24, 2.45) is 0 Å². The first-order valence-electron chi connectivity index (χ1n) is 7.70. The zero-order chi connectivity index (χ0) is 19.4. The Labute approximate surface area is 169 Å². The molecule has 0 fully saturated rings. The van der Waals surface area contributed by atoms with Gasteiger partial charge in [0.1, 0.15) is 5.75 Å². The van der Waals surface area contributed by atoms with Crippen molar-refractivity contribution in [3.8, 4) is 17.1 Å². The van der Waals surface area contributed by atoms with E-state index in [4.69, 9.17) is 33.8 Å². The number of nitrogens with one attached hydrogen (secondary N) is 1. The molecule has 0 unspecified atom stereocenters. The number of benzene rings is 2. The summed E-state index contributed by atoms with van der Waals surface area (Å²) >= 11 is 13.0. The molecule has 0 atom stereocenters. The third kappa shape index (κ3) is 4.65. The lowest BCUT2D eigenvalue weighted by atomic mass is 10.2. The molecule has 0 radical (unpaired) electrons. The molecule has 0 aliphatic carbocycles. The van der Waals surface area contributed by atoms with E-state index in [1.165, 1.54) is 16.4 Å². The van der Waals surface area contributed by atoms with E-state index in [0.717, 1.165) is 5.56 Å². The lowest BCUT2D eigenvalue weighted by molar-refractivity contribution is -0.113. The number of anilines is 1. The van der Waals surface area contributed by atoms with E-state index in [2.05, 4.69) is 15.5 Å². The highest BCUT2D eigenvalue weighted by Gasteiger charge is 2.14. The second kappa shape index (κ2) is 8.51. The van der Waals surface area contributed by atoms with Gasteiger partial charge >= 0.3 is 0 Å². The van der Waals surface area contributed by atoms with E-state index < -0.39 is 0 Å². The van der Waals surface area contributed by atoms with Gasteiger partial charge in [-0.25, -0.2) is 4.68 Å². The Morgan fingerprint density at radius 3 is 2.78 bits per heavy atom. The molecule has 0 saturated heterocycles. The van der Waals surface area contributed by atoms with Crippen molar-refractivity contribution in [3.63, 3.8) is 0 Å². The fraction of sp³-hybridized carbons (Fsp3) is 0.118. The summed E-state index contributed by atoms with van der Waals surface area (Å²) in [5.74, 6) is 7.10. The normalized spacial score (nSPS) is 10.6. The maximum absolute atomic E-state index is 12.1. The van der Waals surface area contributed by atoms with E-state index in [0.29, 0.717) is 32.5 Å². The van der Waals surface area contributed by atoms with Crippen LogP contribution in [0.4, 0.5) is 5.69 Å². The molecule has 7 nitrogen and oxygen atoms in total. The number of nitrogens with two attached hydrogens (primary N) is 1. The van der Waals surface area contributed by atoms with E-state index >= 15 is 0 Å². The molecular formula is C17H15Cl2N5O2S. The topological polar surface area (TPSA) is 95.1 Å². The molecule has 140 valence electrons. The average Bonchev–Trinajstić information content (AvgIpc) is 3.03. The zero-order valence-electron chi connectivity index (χ0n) is 14.1. The first-order valence-corrected chi connectivity index (χ1v) is 9.44. The van der Waals surface area contributed by atoms with Gasteiger partial charge < -0.3 is 15.9 Å². The molecule has 3 aromatic rings. The number of ether oxygens (including phenoxy) is 1. The summed E-state index contributed by atoms with van der Waals surface area (Å²) in [6.45, 7) is 0. The molecule has 1 aromatic heterocycles. The van der Waals surface area contributed by atoms with Gasteiger partial charge in [-0.3, -0.25) is 4.79 Å². The zero-order valence-corrected chi connectivity index (χ0v) is 16.5. The Balaban J connectivity index is 1.65. The molecule has 3 rings (SSSR count). The fourth-order valence-corrected chi connectivity index (χ4v) is 3.19. The number of carbonyl (C=O) groups excluding carboxylic acids is 1. The summed E-state index contributed by atoms with van der Waals surface area (Å²) < 4.78 is 6.54. The van der Waals surface area contributed by atoms with Crippen molar-refractivity contribution in [2.75, 3.05) is 24.0 Å². The van der Waals surface area contributed by atoms with Gasteiger partial charge in [0.15, 0.2) is 5.82 Å². The summed E-state index contributed by atoms with van der Waals surface area (Å²) in [7, 11) is 1.58. The highest BCUT2D eigenvalue weighted by Crippen LogP contribution is 2.26. The van der Waals surface area contributed by atoms with Crippen molar-refractivity contribution >= 4 is 46.6 Å². The SMILES string of the molecule is COc1cccc(-c2nnc(SCC(=O)Nc3ccc(Cl)c(Cl)c3)n2N)c1. The maximum atomic E-state index is 12.1. The molecule has 0 spiro atoms. The molecular weight excluding hydrogens is 409 g/mol. The van der Waals surface area contributed by atoms with E-state index in [9.17, 15) is 4.79 Å². The number of hydrogen-bond donors (Lipinski definition) is 2. The quantitative estimate of drug-likeness (QED) is 0.463. The molecule has 0 aliphatic rings. The number of rotatable bonds is 6. The molecule has 0 saturated carbocycles. The van der Waals surface area contributed by atoms with Gasteiger partial charge in [0.2, 0.25) is 11.1 Å². The molecule has 3 N–H and O–H groups in total. The van der Waals surface area contributed by atoms with Crippen LogP contribution < -0.4 is 15.9 Å². The standard InChI is InChI=1S/C17H15Cl2N5O2S/c1-26-12-4-2-3-10(7-12)16-22-23-17(24(16)20)27-9-15(25)21-11-5-6-13(18)14(19)8-11/h2-8H,9,20H2,1H3,(H,21,25). The summed E-state index contributed by atoms with van der Waals surface area (Å²) in [6, 6.07) is 12.2. The van der Waals surface area contributed by atoms with Crippen molar-refractivity contribution in [1.29, 1.82) is 0 Å². The summed E-state index contributed by atoms with van der Waals surface area (Å²) in [5.41, 5.74) is 1.32. The Morgan fingerprint density at radius 2 is 2.04 bits per heavy atom. The number of amides is 1. The second-order valence-electron chi connectivity index (χ2n) is 5.37. The predicted molar refractivity (Wildman–Crippen MR) is 108 cm³/mol. The Bertz CT molecular complexity index is 980. The number of thioether (sulfide) groups is 1. The molecule has 10 heteroatoms. The van der Waals surface area contributed by atoms with Gasteiger partial charge in [-0.1, -0.05) is 47.1 Å². The van der Waals surface area contributed by atoms with E-state index in [1.54, 1.807) is 31.4 Å². The van der Waals surface area contributed by atoms with Gasteiger partial charge in [-0.05, 0) is 30.3 Å². The minimum atomic E-state index is -0.232. The van der Waals surface area contributed by atoms with Gasteiger partial charge in [0, 0.05) is 11.3 Å². The minimum absolute atomic E-state index is 0.105. The van der Waals surface area contributed by atoms with Crippen LogP contribution >= 0.6 is 35.0 Å². The summed E-state index contributed by atoms with van der Waals surface area (Å²) in [4.78, 5) is 12.1. The Kier molecular flexibility index (Phi) is 6.10. The molecule has 1 amide bonds. The van der Waals surface area contributed by atoms with Crippen LogP contribution in [0.15, 0.2) is 47.6 Å². The Morgan fingerprint density at radius 1 is 1.22 bits per heavy atom. The number of aromatic nitrogens is 3. The highest BCUT2D eigenvalue weighted by molar-refractivity contribution is 7.99. The van der Waals surface area contributed by atoms with Crippen molar-refractivity contribution in [2.45, 2.75) is 5.16 Å². The molecule has 1 heterocycles. The Hall–Kier alpha value is -2.42. The minimum Gasteiger partial charge on any atom is -0.497 e. The van der Waals surface area contributed by atoms with Gasteiger partial charge in [0.25, 0.3) is 0 Å². The molecule has 2 aromatic carbocycles. The lowest BCUT2D eigenvalue weighted by Gasteiger charge is -2.07. The highest BCUT2D eigenvalue weighted by atomic mass is 35.5. The fourth-order valence-electron chi connectivity index (χ4n) is 2.24. The van der Waals surface area contributed by atoms with Gasteiger partial charge in [-0.2, -0.15) is 0 Å². The third-order valence-electron chi connectivity index (χ3n) is 3.53. The number of methoxy groups -OCH3 is 1. The van der Waals surface area contributed by atoms with Crippen molar-refractivity contribution in [3.05, 3.63) is 52.5 Å². The molecule has 0 bridgehead atoms. The monoisotopic (exact) mass is 423 g/mol. The number of carbonyl (C=O) groups is 1. The van der Waals surface area contributed by atoms with Crippen molar-refractivity contribution in [1.82, 2.24) is 14.9 Å². The first kappa shape index (κ1) is 19.3. The molecule has 27 heavy (non-hydrogen) atoms. The molecule has 0 aliphatic heterocycles. The first-order chi connectivity index (χ1) is 13.0. The van der Waals surface area contributed by atoms with Crippen LogP contribution in [0.3, 0.4) is 0 Å². The maximum Gasteiger partial charge on any atom is 0.234 e. The van der Waals surface area contributed by atoms with Crippen LogP contribution in [0.2, 0.25) is 10.0 Å². The number of nitrogen functional groups attached to an aromatic ring is 1.